The zero-order valence-electron chi connectivity index (χ0n) is 15.0. The minimum absolute atomic E-state index is 0.129. The fourth-order valence-electron chi connectivity index (χ4n) is 2.94. The van der Waals surface area contributed by atoms with Gasteiger partial charge in [-0.05, 0) is 37.1 Å². The fraction of sp³-hybridized carbons (Fsp3) is 0.158. The molecule has 2 aliphatic rings. The van der Waals surface area contributed by atoms with Crippen molar-refractivity contribution in [1.82, 2.24) is 25.2 Å². The van der Waals surface area contributed by atoms with Crippen molar-refractivity contribution in [3.63, 3.8) is 0 Å². The van der Waals surface area contributed by atoms with Gasteiger partial charge in [-0.2, -0.15) is 14.6 Å². The van der Waals surface area contributed by atoms with E-state index in [9.17, 15) is 9.59 Å². The number of aromatic nitrogens is 3. The van der Waals surface area contributed by atoms with Crippen molar-refractivity contribution < 1.29 is 14.3 Å². The van der Waals surface area contributed by atoms with Gasteiger partial charge >= 0.3 is 6.03 Å². The van der Waals surface area contributed by atoms with Crippen molar-refractivity contribution in [1.29, 1.82) is 0 Å². The summed E-state index contributed by atoms with van der Waals surface area (Å²) in [5.41, 5.74) is 1.17. The third-order valence-corrected chi connectivity index (χ3v) is 4.68. The molecule has 1 saturated carbocycles. The highest BCUT2D eigenvalue weighted by molar-refractivity contribution is 6.30. The number of carbonyl (C=O) groups excluding carboxylic acids is 2. The molecule has 0 bridgehead atoms. The van der Waals surface area contributed by atoms with Crippen LogP contribution in [0.1, 0.15) is 18.4 Å². The van der Waals surface area contributed by atoms with Crippen LogP contribution < -0.4 is 20.7 Å². The highest BCUT2D eigenvalue weighted by Crippen LogP contribution is 2.30. The first-order chi connectivity index (χ1) is 14.0. The maximum absolute atomic E-state index is 11.8. The lowest BCUT2D eigenvalue weighted by molar-refractivity contribution is -0.115. The standard InChI is InChI=1S/C19H15ClN6O3/c20-11-2-1-3-13(7-11)29-16-8-15(22-12-4-5-12)26-17(24-16)10(9-21-26)6-14-18(27)25-19(28)23-14/h1-3,6-9,12,22H,4-5H2,(H2,23,25,27,28). The number of imide groups is 1. The molecular formula is C19H15ClN6O3. The molecule has 1 saturated heterocycles. The molecule has 1 aromatic carbocycles. The molecule has 10 heteroatoms. The third kappa shape index (κ3) is 3.59. The molecule has 2 aromatic heterocycles. The average molecular weight is 411 g/mol. The lowest BCUT2D eigenvalue weighted by atomic mass is 10.2. The van der Waals surface area contributed by atoms with Crippen LogP contribution in [0.15, 0.2) is 42.2 Å². The van der Waals surface area contributed by atoms with Crippen LogP contribution in [0, 0.1) is 0 Å². The number of halogens is 1. The number of anilines is 1. The smallest absolute Gasteiger partial charge is 0.326 e. The third-order valence-electron chi connectivity index (χ3n) is 4.44. The molecule has 0 unspecified atom stereocenters. The first kappa shape index (κ1) is 17.5. The summed E-state index contributed by atoms with van der Waals surface area (Å²) in [7, 11) is 0. The van der Waals surface area contributed by atoms with Gasteiger partial charge in [0, 0.05) is 22.7 Å². The van der Waals surface area contributed by atoms with Gasteiger partial charge in [-0.15, -0.1) is 0 Å². The number of benzene rings is 1. The second-order valence-corrected chi connectivity index (χ2v) is 7.20. The lowest BCUT2D eigenvalue weighted by Crippen LogP contribution is -2.22. The first-order valence-corrected chi connectivity index (χ1v) is 9.36. The molecule has 3 N–H and O–H groups in total. The molecule has 0 radical (unpaired) electrons. The molecule has 3 aromatic rings. The van der Waals surface area contributed by atoms with Gasteiger partial charge in [0.25, 0.3) is 5.91 Å². The Morgan fingerprint density at radius 1 is 1.24 bits per heavy atom. The van der Waals surface area contributed by atoms with Crippen LogP contribution in [0.3, 0.4) is 0 Å². The van der Waals surface area contributed by atoms with Crippen LogP contribution in [0.25, 0.3) is 11.7 Å². The quantitative estimate of drug-likeness (QED) is 0.440. The van der Waals surface area contributed by atoms with Crippen molar-refractivity contribution in [2.45, 2.75) is 18.9 Å². The van der Waals surface area contributed by atoms with E-state index in [1.165, 1.54) is 6.08 Å². The van der Waals surface area contributed by atoms with Crippen molar-refractivity contribution in [2.24, 2.45) is 0 Å². The SMILES string of the molecule is O=C1NC(=O)C(=Cc2cnn3c(NC4CC4)cc(Oc4cccc(Cl)c4)nc23)N1. The molecule has 1 aliphatic carbocycles. The van der Waals surface area contributed by atoms with Crippen molar-refractivity contribution in [3.05, 3.63) is 52.8 Å². The van der Waals surface area contributed by atoms with E-state index < -0.39 is 11.9 Å². The monoisotopic (exact) mass is 410 g/mol. The lowest BCUT2D eigenvalue weighted by Gasteiger charge is -2.11. The van der Waals surface area contributed by atoms with Gasteiger partial charge in [0.05, 0.1) is 6.20 Å². The summed E-state index contributed by atoms with van der Waals surface area (Å²) >= 11 is 6.04. The van der Waals surface area contributed by atoms with Gasteiger partial charge in [0.1, 0.15) is 17.3 Å². The van der Waals surface area contributed by atoms with E-state index in [1.54, 1.807) is 41.0 Å². The van der Waals surface area contributed by atoms with E-state index in [4.69, 9.17) is 16.3 Å². The summed E-state index contributed by atoms with van der Waals surface area (Å²) in [4.78, 5) is 27.8. The largest absolute Gasteiger partial charge is 0.439 e. The fourth-order valence-corrected chi connectivity index (χ4v) is 3.12. The Kier molecular flexibility index (Phi) is 4.09. The summed E-state index contributed by atoms with van der Waals surface area (Å²) in [6, 6.07) is 8.60. The number of amides is 3. The van der Waals surface area contributed by atoms with Crippen molar-refractivity contribution in [2.75, 3.05) is 5.32 Å². The Morgan fingerprint density at radius 2 is 2.10 bits per heavy atom. The number of hydrogen-bond donors (Lipinski definition) is 3. The summed E-state index contributed by atoms with van der Waals surface area (Å²) in [6.07, 6.45) is 5.27. The molecule has 2 fully saturated rings. The number of fused-ring (bicyclic) bond motifs is 1. The molecule has 0 spiro atoms. The van der Waals surface area contributed by atoms with E-state index in [0.717, 1.165) is 18.7 Å². The van der Waals surface area contributed by atoms with Crippen molar-refractivity contribution in [3.8, 4) is 11.6 Å². The van der Waals surface area contributed by atoms with Crippen LogP contribution in [0.4, 0.5) is 10.6 Å². The van der Waals surface area contributed by atoms with Gasteiger partial charge in [0.15, 0.2) is 5.65 Å². The Bertz CT molecular complexity index is 1180. The number of ether oxygens (including phenoxy) is 1. The van der Waals surface area contributed by atoms with E-state index in [-0.39, 0.29) is 5.70 Å². The first-order valence-electron chi connectivity index (χ1n) is 8.98. The second kappa shape index (κ2) is 6.78. The predicted molar refractivity (Wildman–Crippen MR) is 106 cm³/mol. The molecule has 29 heavy (non-hydrogen) atoms. The molecule has 1 aliphatic heterocycles. The maximum atomic E-state index is 11.8. The Labute approximate surface area is 169 Å². The summed E-state index contributed by atoms with van der Waals surface area (Å²) in [5, 5.41) is 13.0. The minimum Gasteiger partial charge on any atom is -0.439 e. The Hall–Kier alpha value is -3.59. The number of rotatable bonds is 5. The number of hydrogen-bond acceptors (Lipinski definition) is 6. The number of carbonyl (C=O) groups is 2. The molecule has 146 valence electrons. The van der Waals surface area contributed by atoms with E-state index in [0.29, 0.717) is 33.9 Å². The van der Waals surface area contributed by atoms with Gasteiger partial charge in [0.2, 0.25) is 5.88 Å². The molecule has 5 rings (SSSR count). The summed E-state index contributed by atoms with van der Waals surface area (Å²) in [6.45, 7) is 0. The Morgan fingerprint density at radius 3 is 2.83 bits per heavy atom. The van der Waals surface area contributed by atoms with Gasteiger partial charge < -0.3 is 15.4 Å². The highest BCUT2D eigenvalue weighted by atomic mass is 35.5. The van der Waals surface area contributed by atoms with Crippen molar-refractivity contribution >= 4 is 41.1 Å². The summed E-state index contributed by atoms with van der Waals surface area (Å²) in [5.74, 6) is 1.12. The topological polar surface area (TPSA) is 110 Å². The number of nitrogens with one attached hydrogen (secondary N) is 3. The second-order valence-electron chi connectivity index (χ2n) is 6.76. The van der Waals surface area contributed by atoms with E-state index >= 15 is 0 Å². The van der Waals surface area contributed by atoms with Crippen LogP contribution in [-0.2, 0) is 4.79 Å². The zero-order chi connectivity index (χ0) is 20.0. The molecule has 0 atom stereocenters. The summed E-state index contributed by atoms with van der Waals surface area (Å²) < 4.78 is 7.54. The maximum Gasteiger partial charge on any atom is 0.326 e. The number of urea groups is 1. The van der Waals surface area contributed by atoms with Gasteiger partial charge in [-0.1, -0.05) is 17.7 Å². The van der Waals surface area contributed by atoms with Gasteiger partial charge in [-0.25, -0.2) is 4.79 Å². The molecule has 9 nitrogen and oxygen atoms in total. The number of nitrogens with zero attached hydrogens (tertiary/aromatic N) is 3. The van der Waals surface area contributed by atoms with Crippen LogP contribution in [0.2, 0.25) is 5.02 Å². The van der Waals surface area contributed by atoms with E-state index in [1.807, 2.05) is 0 Å². The predicted octanol–water partition coefficient (Wildman–Crippen LogP) is 2.93. The molecule has 3 amide bonds. The highest BCUT2D eigenvalue weighted by Gasteiger charge is 2.25. The van der Waals surface area contributed by atoms with E-state index in [2.05, 4.69) is 26.0 Å². The molecule has 3 heterocycles. The minimum atomic E-state index is -0.563. The Balaban J connectivity index is 1.57. The average Bonchev–Trinajstić information content (AvgIpc) is 3.31. The molecular weight excluding hydrogens is 396 g/mol. The van der Waals surface area contributed by atoms with Gasteiger partial charge in [-0.3, -0.25) is 10.1 Å². The zero-order valence-corrected chi connectivity index (χ0v) is 15.7. The normalized spacial score (nSPS) is 17.5. The van der Waals surface area contributed by atoms with Crippen LogP contribution in [-0.4, -0.2) is 32.6 Å². The van der Waals surface area contributed by atoms with Crippen LogP contribution >= 0.6 is 11.6 Å². The van der Waals surface area contributed by atoms with Crippen LogP contribution in [0.5, 0.6) is 11.6 Å².